The van der Waals surface area contributed by atoms with Gasteiger partial charge in [-0.2, -0.15) is 0 Å². The molecule has 0 atom stereocenters. The summed E-state index contributed by atoms with van der Waals surface area (Å²) in [5.41, 5.74) is 0.729. The standard InChI is InChI=1S/C17H26O2/c1-2-3-8-15-9-7-10-16(13-15)19-14-17(18)11-5-4-6-12-17/h7,9-10,13,18H,2-6,8,11-12,14H2,1H3. The van der Waals surface area contributed by atoms with Crippen LogP contribution in [0.25, 0.3) is 0 Å². The molecule has 106 valence electrons. The molecular formula is C17H26O2. The Morgan fingerprint density at radius 2 is 2.00 bits per heavy atom. The summed E-state index contributed by atoms with van der Waals surface area (Å²) in [5, 5.41) is 10.4. The SMILES string of the molecule is CCCCc1cccc(OCC2(O)CCCCC2)c1. The molecule has 2 nitrogen and oxygen atoms in total. The van der Waals surface area contributed by atoms with E-state index in [0.717, 1.165) is 37.9 Å². The normalized spacial score (nSPS) is 18.2. The highest BCUT2D eigenvalue weighted by atomic mass is 16.5. The van der Waals surface area contributed by atoms with Crippen LogP contribution in [0.1, 0.15) is 57.4 Å². The van der Waals surface area contributed by atoms with Gasteiger partial charge in [-0.05, 0) is 43.4 Å². The molecule has 1 fully saturated rings. The van der Waals surface area contributed by atoms with Gasteiger partial charge in [-0.15, -0.1) is 0 Å². The number of unbranched alkanes of at least 4 members (excludes halogenated alkanes) is 1. The Labute approximate surface area is 116 Å². The van der Waals surface area contributed by atoms with E-state index in [1.54, 1.807) is 0 Å². The number of hydrogen-bond acceptors (Lipinski definition) is 2. The summed E-state index contributed by atoms with van der Waals surface area (Å²) in [6.07, 6.45) is 8.78. The van der Waals surface area contributed by atoms with Crippen molar-refractivity contribution in [2.45, 2.75) is 63.9 Å². The Hall–Kier alpha value is -1.02. The van der Waals surface area contributed by atoms with Crippen LogP contribution in [0.15, 0.2) is 24.3 Å². The number of aryl methyl sites for hydroxylation is 1. The third-order valence-electron chi connectivity index (χ3n) is 4.01. The quantitative estimate of drug-likeness (QED) is 0.836. The second kappa shape index (κ2) is 6.95. The molecule has 0 radical (unpaired) electrons. The minimum atomic E-state index is -0.600. The van der Waals surface area contributed by atoms with Crippen LogP contribution in [0.2, 0.25) is 0 Å². The minimum Gasteiger partial charge on any atom is -0.491 e. The Morgan fingerprint density at radius 1 is 1.21 bits per heavy atom. The van der Waals surface area contributed by atoms with Crippen molar-refractivity contribution < 1.29 is 9.84 Å². The predicted molar refractivity (Wildman–Crippen MR) is 78.6 cm³/mol. The Kier molecular flexibility index (Phi) is 5.26. The van der Waals surface area contributed by atoms with E-state index in [2.05, 4.69) is 19.1 Å². The first-order chi connectivity index (χ1) is 9.22. The fourth-order valence-electron chi connectivity index (χ4n) is 2.74. The molecule has 0 amide bonds. The monoisotopic (exact) mass is 262 g/mol. The van der Waals surface area contributed by atoms with Crippen molar-refractivity contribution >= 4 is 0 Å². The van der Waals surface area contributed by atoms with Crippen molar-refractivity contribution in [1.29, 1.82) is 0 Å². The molecule has 1 aliphatic carbocycles. The van der Waals surface area contributed by atoms with Crippen LogP contribution in [-0.2, 0) is 6.42 Å². The first kappa shape index (κ1) is 14.4. The van der Waals surface area contributed by atoms with Crippen LogP contribution in [0.5, 0.6) is 5.75 Å². The van der Waals surface area contributed by atoms with E-state index in [0.29, 0.717) is 6.61 Å². The number of benzene rings is 1. The third kappa shape index (κ3) is 4.54. The average molecular weight is 262 g/mol. The van der Waals surface area contributed by atoms with Crippen LogP contribution in [0.4, 0.5) is 0 Å². The lowest BCUT2D eigenvalue weighted by Crippen LogP contribution is -2.37. The molecule has 0 bridgehead atoms. The number of hydrogen-bond donors (Lipinski definition) is 1. The van der Waals surface area contributed by atoms with Crippen LogP contribution < -0.4 is 4.74 Å². The molecule has 1 aliphatic rings. The third-order valence-corrected chi connectivity index (χ3v) is 4.01. The lowest BCUT2D eigenvalue weighted by molar-refractivity contribution is -0.0339. The zero-order chi connectivity index (χ0) is 13.6. The molecule has 1 aromatic rings. The predicted octanol–water partition coefficient (Wildman–Crippen LogP) is 4.10. The van der Waals surface area contributed by atoms with Gasteiger partial charge in [0.25, 0.3) is 0 Å². The van der Waals surface area contributed by atoms with Gasteiger partial charge in [-0.1, -0.05) is 44.7 Å². The summed E-state index contributed by atoms with van der Waals surface area (Å²) >= 11 is 0. The van der Waals surface area contributed by atoms with E-state index in [9.17, 15) is 5.11 Å². The van der Waals surface area contributed by atoms with E-state index in [1.807, 2.05) is 12.1 Å². The van der Waals surface area contributed by atoms with Crippen LogP contribution in [0, 0.1) is 0 Å². The van der Waals surface area contributed by atoms with Gasteiger partial charge >= 0.3 is 0 Å². The molecule has 0 saturated heterocycles. The summed E-state index contributed by atoms with van der Waals surface area (Å²) in [6.45, 7) is 2.64. The Morgan fingerprint density at radius 3 is 2.74 bits per heavy atom. The van der Waals surface area contributed by atoms with E-state index >= 15 is 0 Å². The number of ether oxygens (including phenoxy) is 1. The lowest BCUT2D eigenvalue weighted by Gasteiger charge is -2.31. The topological polar surface area (TPSA) is 29.5 Å². The Balaban J connectivity index is 1.88. The van der Waals surface area contributed by atoms with Gasteiger partial charge in [0.15, 0.2) is 0 Å². The smallest absolute Gasteiger partial charge is 0.119 e. The highest BCUT2D eigenvalue weighted by molar-refractivity contribution is 5.28. The second-order valence-electron chi connectivity index (χ2n) is 5.82. The van der Waals surface area contributed by atoms with Crippen molar-refractivity contribution in [1.82, 2.24) is 0 Å². The molecule has 19 heavy (non-hydrogen) atoms. The molecule has 0 aliphatic heterocycles. The molecule has 0 unspecified atom stereocenters. The van der Waals surface area contributed by atoms with E-state index in [1.165, 1.54) is 24.8 Å². The average Bonchev–Trinajstić information content (AvgIpc) is 2.44. The van der Waals surface area contributed by atoms with Crippen LogP contribution >= 0.6 is 0 Å². The molecule has 2 heteroatoms. The maximum atomic E-state index is 10.4. The van der Waals surface area contributed by atoms with E-state index in [-0.39, 0.29) is 0 Å². The first-order valence-electron chi connectivity index (χ1n) is 7.66. The second-order valence-corrected chi connectivity index (χ2v) is 5.82. The lowest BCUT2D eigenvalue weighted by atomic mass is 9.85. The zero-order valence-electron chi connectivity index (χ0n) is 12.0. The number of rotatable bonds is 6. The summed E-state index contributed by atoms with van der Waals surface area (Å²) in [6, 6.07) is 8.30. The van der Waals surface area contributed by atoms with Crippen molar-refractivity contribution in [3.05, 3.63) is 29.8 Å². The largest absolute Gasteiger partial charge is 0.491 e. The highest BCUT2D eigenvalue weighted by Gasteiger charge is 2.29. The van der Waals surface area contributed by atoms with Crippen molar-refractivity contribution in [2.75, 3.05) is 6.61 Å². The summed E-state index contributed by atoms with van der Waals surface area (Å²) in [5.74, 6) is 0.896. The van der Waals surface area contributed by atoms with Crippen LogP contribution in [0.3, 0.4) is 0 Å². The molecular weight excluding hydrogens is 236 g/mol. The first-order valence-corrected chi connectivity index (χ1v) is 7.66. The van der Waals surface area contributed by atoms with Gasteiger partial charge < -0.3 is 9.84 Å². The van der Waals surface area contributed by atoms with Gasteiger partial charge in [0.1, 0.15) is 12.4 Å². The summed E-state index contributed by atoms with van der Waals surface area (Å²) in [7, 11) is 0. The molecule has 2 rings (SSSR count). The maximum Gasteiger partial charge on any atom is 0.119 e. The van der Waals surface area contributed by atoms with Crippen molar-refractivity contribution in [3.63, 3.8) is 0 Å². The summed E-state index contributed by atoms with van der Waals surface area (Å²) in [4.78, 5) is 0. The van der Waals surface area contributed by atoms with Gasteiger partial charge in [0, 0.05) is 0 Å². The van der Waals surface area contributed by atoms with Gasteiger partial charge in [0.05, 0.1) is 5.60 Å². The fraction of sp³-hybridized carbons (Fsp3) is 0.647. The molecule has 0 aromatic heterocycles. The summed E-state index contributed by atoms with van der Waals surface area (Å²) < 4.78 is 5.82. The molecule has 1 saturated carbocycles. The van der Waals surface area contributed by atoms with Gasteiger partial charge in [0.2, 0.25) is 0 Å². The Bertz CT molecular complexity index is 381. The van der Waals surface area contributed by atoms with Crippen molar-refractivity contribution in [2.24, 2.45) is 0 Å². The minimum absolute atomic E-state index is 0.435. The van der Waals surface area contributed by atoms with Crippen molar-refractivity contribution in [3.8, 4) is 5.75 Å². The van der Waals surface area contributed by atoms with Gasteiger partial charge in [-0.25, -0.2) is 0 Å². The molecule has 0 heterocycles. The van der Waals surface area contributed by atoms with Crippen LogP contribution in [-0.4, -0.2) is 17.3 Å². The fourth-order valence-corrected chi connectivity index (χ4v) is 2.74. The van der Waals surface area contributed by atoms with E-state index in [4.69, 9.17) is 4.74 Å². The van der Waals surface area contributed by atoms with Gasteiger partial charge in [-0.3, -0.25) is 0 Å². The molecule has 0 spiro atoms. The van der Waals surface area contributed by atoms with E-state index < -0.39 is 5.60 Å². The molecule has 1 N–H and O–H groups in total. The maximum absolute atomic E-state index is 10.4. The molecule has 1 aromatic carbocycles. The zero-order valence-corrected chi connectivity index (χ0v) is 12.0. The highest BCUT2D eigenvalue weighted by Crippen LogP contribution is 2.29. The number of aliphatic hydroxyl groups is 1.